The molecule has 2 bridgehead atoms. The first-order valence-corrected chi connectivity index (χ1v) is 6.28. The molecule has 84 valence electrons. The normalized spacial score (nSPS) is 49.9. The van der Waals surface area contributed by atoms with E-state index in [1.807, 2.05) is 0 Å². The lowest BCUT2D eigenvalue weighted by Crippen LogP contribution is -2.57. The Labute approximate surface area is 91.8 Å². The molecule has 1 aliphatic heterocycles. The first-order chi connectivity index (χ1) is 7.14. The van der Waals surface area contributed by atoms with Crippen LogP contribution in [-0.2, 0) is 0 Å². The molecule has 1 heterocycles. The van der Waals surface area contributed by atoms with Crippen molar-refractivity contribution in [3.63, 3.8) is 0 Å². The second-order valence-electron chi connectivity index (χ2n) is 6.23. The molecule has 3 unspecified atom stereocenters. The Morgan fingerprint density at radius 3 is 2.67 bits per heavy atom. The van der Waals surface area contributed by atoms with Gasteiger partial charge in [0.25, 0.3) is 0 Å². The first-order valence-electron chi connectivity index (χ1n) is 6.28. The standard InChI is InChI=1S/C13H21NO/c1-13(2)9-5-8(3-4-15)12(10(13)6-9)11-7-14-11/h7-12,15H,3-6H2,1-2H3/t8-,9?,10-,11?,12?/m0/s1. The van der Waals surface area contributed by atoms with E-state index in [-0.39, 0.29) is 0 Å². The van der Waals surface area contributed by atoms with Crippen molar-refractivity contribution in [1.29, 1.82) is 0 Å². The van der Waals surface area contributed by atoms with Gasteiger partial charge in [0, 0.05) is 12.8 Å². The van der Waals surface area contributed by atoms with Crippen LogP contribution in [-0.4, -0.2) is 24.0 Å². The lowest BCUT2D eigenvalue weighted by Gasteiger charge is -2.62. The van der Waals surface area contributed by atoms with Crippen LogP contribution in [0, 0.1) is 29.1 Å². The molecule has 4 aliphatic rings. The number of aliphatic imine (C=N–C) groups is 1. The summed E-state index contributed by atoms with van der Waals surface area (Å²) in [7, 11) is 0. The Hall–Kier alpha value is -0.370. The van der Waals surface area contributed by atoms with Crippen molar-refractivity contribution >= 4 is 6.21 Å². The van der Waals surface area contributed by atoms with Gasteiger partial charge >= 0.3 is 0 Å². The smallest absolute Gasteiger partial charge is 0.0876 e. The number of hydrogen-bond donors (Lipinski definition) is 1. The zero-order valence-corrected chi connectivity index (χ0v) is 9.69. The number of nitrogens with zero attached hydrogens (tertiary/aromatic N) is 1. The van der Waals surface area contributed by atoms with Crippen molar-refractivity contribution in [3.05, 3.63) is 0 Å². The molecule has 0 spiro atoms. The summed E-state index contributed by atoms with van der Waals surface area (Å²) >= 11 is 0. The fourth-order valence-electron chi connectivity index (χ4n) is 4.20. The molecule has 0 saturated heterocycles. The van der Waals surface area contributed by atoms with Gasteiger partial charge in [0.05, 0.1) is 6.04 Å². The van der Waals surface area contributed by atoms with Crippen molar-refractivity contribution in [1.82, 2.24) is 0 Å². The molecule has 0 radical (unpaired) electrons. The summed E-state index contributed by atoms with van der Waals surface area (Å²) in [5.41, 5.74) is 0.544. The topological polar surface area (TPSA) is 32.6 Å². The Bertz CT molecular complexity index is 291. The second-order valence-corrected chi connectivity index (χ2v) is 6.23. The minimum absolute atomic E-state index is 0.355. The average molecular weight is 207 g/mol. The van der Waals surface area contributed by atoms with Crippen molar-refractivity contribution < 1.29 is 5.11 Å². The van der Waals surface area contributed by atoms with E-state index < -0.39 is 0 Å². The number of hydrogen-bond acceptors (Lipinski definition) is 2. The van der Waals surface area contributed by atoms with Crippen LogP contribution in [0.3, 0.4) is 0 Å². The van der Waals surface area contributed by atoms with Crippen LogP contribution in [0.4, 0.5) is 0 Å². The van der Waals surface area contributed by atoms with Crippen LogP contribution >= 0.6 is 0 Å². The molecular weight excluding hydrogens is 186 g/mol. The molecule has 0 aromatic rings. The third-order valence-corrected chi connectivity index (χ3v) is 5.36. The Balaban J connectivity index is 1.78. The van der Waals surface area contributed by atoms with E-state index in [4.69, 9.17) is 5.11 Å². The molecule has 2 nitrogen and oxygen atoms in total. The molecule has 0 aromatic carbocycles. The lowest BCUT2D eigenvalue weighted by molar-refractivity contribution is -0.136. The minimum Gasteiger partial charge on any atom is -0.396 e. The summed E-state index contributed by atoms with van der Waals surface area (Å²) < 4.78 is 0. The predicted octanol–water partition coefficient (Wildman–Crippen LogP) is 2.12. The molecule has 4 rings (SSSR count). The third kappa shape index (κ3) is 1.30. The van der Waals surface area contributed by atoms with E-state index in [1.165, 1.54) is 12.8 Å². The Kier molecular flexibility index (Phi) is 2.01. The van der Waals surface area contributed by atoms with E-state index in [0.29, 0.717) is 18.1 Å². The SMILES string of the molecule is CC1(C)C2C[C@H](CCO)C(C3C=N3)[C@@H]1C2. The zero-order valence-electron chi connectivity index (χ0n) is 9.69. The highest BCUT2D eigenvalue weighted by molar-refractivity contribution is 5.78. The zero-order chi connectivity index (χ0) is 10.6. The summed E-state index contributed by atoms with van der Waals surface area (Å²) in [5.74, 6) is 3.26. The predicted molar refractivity (Wildman–Crippen MR) is 61.0 cm³/mol. The molecule has 3 saturated carbocycles. The highest BCUT2D eigenvalue weighted by Gasteiger charge is 2.59. The highest BCUT2D eigenvalue weighted by atomic mass is 16.3. The maximum atomic E-state index is 9.13. The van der Waals surface area contributed by atoms with Gasteiger partial charge in [-0.25, -0.2) is 0 Å². The fraction of sp³-hybridized carbons (Fsp3) is 0.923. The number of fused-ring (bicyclic) bond motifs is 2. The van der Waals surface area contributed by atoms with E-state index in [1.54, 1.807) is 0 Å². The number of rotatable bonds is 3. The quantitative estimate of drug-likeness (QED) is 0.755. The molecular formula is C13H21NO. The molecule has 15 heavy (non-hydrogen) atoms. The van der Waals surface area contributed by atoms with Gasteiger partial charge in [0.15, 0.2) is 0 Å². The number of aliphatic hydroxyl groups is 1. The number of aliphatic hydroxyl groups excluding tert-OH is 1. The van der Waals surface area contributed by atoms with E-state index in [0.717, 1.165) is 30.1 Å². The molecule has 2 heteroatoms. The van der Waals surface area contributed by atoms with Gasteiger partial charge in [-0.3, -0.25) is 4.99 Å². The van der Waals surface area contributed by atoms with Crippen molar-refractivity contribution in [3.8, 4) is 0 Å². The van der Waals surface area contributed by atoms with Crippen molar-refractivity contribution in [2.24, 2.45) is 34.1 Å². The second kappa shape index (κ2) is 3.07. The van der Waals surface area contributed by atoms with Crippen LogP contribution in [0.5, 0.6) is 0 Å². The first kappa shape index (κ1) is 9.83. The van der Waals surface area contributed by atoms with Gasteiger partial charge in [0.2, 0.25) is 0 Å². The Morgan fingerprint density at radius 1 is 1.40 bits per heavy atom. The summed E-state index contributed by atoms with van der Waals surface area (Å²) in [6.45, 7) is 5.21. The third-order valence-electron chi connectivity index (χ3n) is 5.36. The lowest BCUT2D eigenvalue weighted by atomic mass is 9.42. The maximum Gasteiger partial charge on any atom is 0.0876 e. The van der Waals surface area contributed by atoms with Crippen LogP contribution < -0.4 is 0 Å². The highest BCUT2D eigenvalue weighted by Crippen LogP contribution is 2.64. The summed E-state index contributed by atoms with van der Waals surface area (Å²) in [4.78, 5) is 4.39. The molecule has 5 atom stereocenters. The summed E-state index contributed by atoms with van der Waals surface area (Å²) in [6, 6.07) is 0.534. The fourth-order valence-corrected chi connectivity index (χ4v) is 4.20. The van der Waals surface area contributed by atoms with Crippen LogP contribution in [0.25, 0.3) is 0 Å². The van der Waals surface area contributed by atoms with Gasteiger partial charge < -0.3 is 5.11 Å². The molecule has 0 aromatic heterocycles. The summed E-state index contributed by atoms with van der Waals surface area (Å²) in [6.07, 6.45) is 5.85. The van der Waals surface area contributed by atoms with E-state index in [2.05, 4.69) is 25.1 Å². The molecule has 3 aliphatic carbocycles. The van der Waals surface area contributed by atoms with Crippen LogP contribution in [0.1, 0.15) is 33.1 Å². The average Bonchev–Trinajstić information content (AvgIpc) is 3.01. The van der Waals surface area contributed by atoms with Crippen molar-refractivity contribution in [2.75, 3.05) is 6.61 Å². The van der Waals surface area contributed by atoms with Crippen LogP contribution in [0.15, 0.2) is 4.99 Å². The van der Waals surface area contributed by atoms with E-state index in [9.17, 15) is 0 Å². The largest absolute Gasteiger partial charge is 0.396 e. The molecule has 3 fully saturated rings. The van der Waals surface area contributed by atoms with Gasteiger partial charge in [-0.05, 0) is 48.3 Å². The Morgan fingerprint density at radius 2 is 2.13 bits per heavy atom. The van der Waals surface area contributed by atoms with E-state index >= 15 is 0 Å². The maximum absolute atomic E-state index is 9.13. The minimum atomic E-state index is 0.355. The van der Waals surface area contributed by atoms with Gasteiger partial charge in [-0.1, -0.05) is 13.8 Å². The van der Waals surface area contributed by atoms with Gasteiger partial charge in [0.1, 0.15) is 0 Å². The molecule has 0 amide bonds. The summed E-state index contributed by atoms with van der Waals surface area (Å²) in [5, 5.41) is 9.13. The van der Waals surface area contributed by atoms with Gasteiger partial charge in [-0.2, -0.15) is 0 Å². The van der Waals surface area contributed by atoms with Gasteiger partial charge in [-0.15, -0.1) is 0 Å². The monoisotopic (exact) mass is 207 g/mol. The van der Waals surface area contributed by atoms with Crippen LogP contribution in [0.2, 0.25) is 0 Å². The molecule has 1 N–H and O–H groups in total. The van der Waals surface area contributed by atoms with Crippen molar-refractivity contribution in [2.45, 2.75) is 39.2 Å².